The normalized spacial score (nSPS) is 23.5. The van der Waals surface area contributed by atoms with E-state index in [1.807, 2.05) is 6.92 Å². The van der Waals surface area contributed by atoms with Crippen molar-refractivity contribution in [3.8, 4) is 5.75 Å². The van der Waals surface area contributed by atoms with Crippen molar-refractivity contribution in [3.05, 3.63) is 29.8 Å². The summed E-state index contributed by atoms with van der Waals surface area (Å²) in [5.74, 6) is 1.89. The van der Waals surface area contributed by atoms with Crippen LogP contribution in [0.15, 0.2) is 24.3 Å². The van der Waals surface area contributed by atoms with Crippen LogP contribution in [0.3, 0.4) is 0 Å². The van der Waals surface area contributed by atoms with E-state index in [1.165, 1.54) is 12.8 Å². The Morgan fingerprint density at radius 1 is 1.12 bits per heavy atom. The lowest BCUT2D eigenvalue weighted by atomic mass is 9.78. The van der Waals surface area contributed by atoms with Crippen LogP contribution in [-0.4, -0.2) is 24.3 Å². The van der Waals surface area contributed by atoms with Crippen molar-refractivity contribution in [3.63, 3.8) is 0 Å². The van der Waals surface area contributed by atoms with E-state index in [1.54, 1.807) is 24.3 Å². The fraction of sp³-hybridized carbons (Fsp3) is 0.600. The van der Waals surface area contributed by atoms with Crippen molar-refractivity contribution in [1.82, 2.24) is 5.32 Å². The zero-order valence-corrected chi connectivity index (χ0v) is 15.0. The highest BCUT2D eigenvalue weighted by Gasteiger charge is 2.28. The minimum absolute atomic E-state index is 0.00161. The molecule has 3 atom stereocenters. The van der Waals surface area contributed by atoms with Gasteiger partial charge in [-0.3, -0.25) is 9.59 Å². The Balaban J connectivity index is 1.79. The second-order valence-corrected chi connectivity index (χ2v) is 6.82. The summed E-state index contributed by atoms with van der Waals surface area (Å²) >= 11 is 0. The molecule has 0 heterocycles. The Bertz CT molecular complexity index is 553. The molecule has 1 aromatic rings. The van der Waals surface area contributed by atoms with E-state index in [4.69, 9.17) is 4.74 Å². The first-order valence-corrected chi connectivity index (χ1v) is 9.06. The van der Waals surface area contributed by atoms with Gasteiger partial charge in [0, 0.05) is 24.4 Å². The average molecular weight is 331 g/mol. The van der Waals surface area contributed by atoms with Crippen molar-refractivity contribution in [2.24, 2.45) is 11.8 Å². The number of amides is 1. The number of ketones is 1. The van der Waals surface area contributed by atoms with Gasteiger partial charge in [0.1, 0.15) is 5.75 Å². The summed E-state index contributed by atoms with van der Waals surface area (Å²) in [7, 11) is 0. The van der Waals surface area contributed by atoms with Crippen molar-refractivity contribution in [2.75, 3.05) is 6.61 Å². The predicted octanol–water partition coefficient (Wildman–Crippen LogP) is 3.99. The molecule has 132 valence electrons. The largest absolute Gasteiger partial charge is 0.494 e. The van der Waals surface area contributed by atoms with E-state index < -0.39 is 0 Å². The van der Waals surface area contributed by atoms with Crippen LogP contribution in [0.1, 0.15) is 63.2 Å². The summed E-state index contributed by atoms with van der Waals surface area (Å²) in [5, 5.41) is 3.12. The molecule has 4 heteroatoms. The SMILES string of the molecule is CCOc1ccc(C(=O)CCC(=O)NC2CCCC(C)C2C)cc1. The van der Waals surface area contributed by atoms with Crippen LogP contribution in [0.25, 0.3) is 0 Å². The highest BCUT2D eigenvalue weighted by atomic mass is 16.5. The number of Topliss-reactive ketones (excluding diaryl/α,β-unsaturated/α-hetero) is 1. The summed E-state index contributed by atoms with van der Waals surface area (Å²) in [4.78, 5) is 24.4. The molecular formula is C20H29NO3. The Morgan fingerprint density at radius 2 is 1.83 bits per heavy atom. The first kappa shape index (κ1) is 18.5. The lowest BCUT2D eigenvalue weighted by Gasteiger charge is -2.34. The standard InChI is InChI=1S/C20H29NO3/c1-4-24-17-10-8-16(9-11-17)19(22)12-13-20(23)21-18-7-5-6-14(2)15(18)3/h8-11,14-15,18H,4-7,12-13H2,1-3H3,(H,21,23). The van der Waals surface area contributed by atoms with Crippen LogP contribution >= 0.6 is 0 Å². The van der Waals surface area contributed by atoms with Crippen LogP contribution in [0.2, 0.25) is 0 Å². The predicted molar refractivity (Wildman–Crippen MR) is 95.3 cm³/mol. The lowest BCUT2D eigenvalue weighted by Crippen LogP contribution is -2.43. The number of benzene rings is 1. The summed E-state index contributed by atoms with van der Waals surface area (Å²) < 4.78 is 5.37. The van der Waals surface area contributed by atoms with Crippen LogP contribution in [0.4, 0.5) is 0 Å². The molecule has 1 aliphatic carbocycles. The Hall–Kier alpha value is -1.84. The minimum atomic E-state index is -0.0137. The maximum atomic E-state index is 12.2. The van der Waals surface area contributed by atoms with Crippen LogP contribution < -0.4 is 10.1 Å². The maximum absolute atomic E-state index is 12.2. The van der Waals surface area contributed by atoms with Crippen molar-refractivity contribution in [2.45, 2.75) is 58.9 Å². The molecule has 1 fully saturated rings. The molecule has 3 unspecified atom stereocenters. The molecule has 1 aromatic carbocycles. The van der Waals surface area contributed by atoms with E-state index in [0.29, 0.717) is 24.0 Å². The van der Waals surface area contributed by atoms with Gasteiger partial charge < -0.3 is 10.1 Å². The third kappa shape index (κ3) is 5.08. The number of carbonyl (C=O) groups is 2. The molecule has 0 radical (unpaired) electrons. The maximum Gasteiger partial charge on any atom is 0.220 e. The second-order valence-electron chi connectivity index (χ2n) is 6.82. The third-order valence-electron chi connectivity index (χ3n) is 5.12. The van der Waals surface area contributed by atoms with Gasteiger partial charge in [0.2, 0.25) is 5.91 Å². The Labute approximate surface area is 145 Å². The number of hydrogen-bond donors (Lipinski definition) is 1. The van der Waals surface area contributed by atoms with Crippen molar-refractivity contribution >= 4 is 11.7 Å². The van der Waals surface area contributed by atoms with Gasteiger partial charge in [-0.2, -0.15) is 0 Å². The molecule has 1 amide bonds. The number of carbonyl (C=O) groups excluding carboxylic acids is 2. The van der Waals surface area contributed by atoms with Crippen LogP contribution in [0.5, 0.6) is 5.75 Å². The summed E-state index contributed by atoms with van der Waals surface area (Å²) in [6, 6.07) is 7.36. The van der Waals surface area contributed by atoms with E-state index >= 15 is 0 Å². The van der Waals surface area contributed by atoms with Gasteiger partial charge in [0.25, 0.3) is 0 Å². The topological polar surface area (TPSA) is 55.4 Å². The Kier molecular flexibility index (Phi) is 6.83. The molecule has 0 bridgehead atoms. The molecule has 1 aliphatic rings. The average Bonchev–Trinajstić information content (AvgIpc) is 2.58. The minimum Gasteiger partial charge on any atom is -0.494 e. The van der Waals surface area contributed by atoms with Gasteiger partial charge in [-0.1, -0.05) is 26.7 Å². The first-order valence-electron chi connectivity index (χ1n) is 9.06. The van der Waals surface area contributed by atoms with Gasteiger partial charge >= 0.3 is 0 Å². The first-order chi connectivity index (χ1) is 11.5. The number of hydrogen-bond acceptors (Lipinski definition) is 3. The molecule has 4 nitrogen and oxygen atoms in total. The Morgan fingerprint density at radius 3 is 2.50 bits per heavy atom. The van der Waals surface area contributed by atoms with E-state index in [9.17, 15) is 9.59 Å². The van der Waals surface area contributed by atoms with Gasteiger partial charge in [0.15, 0.2) is 5.78 Å². The molecule has 2 rings (SSSR count). The van der Waals surface area contributed by atoms with E-state index in [2.05, 4.69) is 19.2 Å². The molecule has 0 spiro atoms. The zero-order chi connectivity index (χ0) is 17.5. The number of rotatable bonds is 7. The second kappa shape index (κ2) is 8.86. The van der Waals surface area contributed by atoms with Crippen LogP contribution in [0, 0.1) is 11.8 Å². The van der Waals surface area contributed by atoms with Gasteiger partial charge in [-0.25, -0.2) is 0 Å². The molecule has 1 saturated carbocycles. The van der Waals surface area contributed by atoms with E-state index in [-0.39, 0.29) is 30.6 Å². The summed E-state index contributed by atoms with van der Waals surface area (Å²) in [6.07, 6.45) is 3.95. The molecular weight excluding hydrogens is 302 g/mol. The number of ether oxygens (including phenoxy) is 1. The smallest absolute Gasteiger partial charge is 0.220 e. The molecule has 1 N–H and O–H groups in total. The monoisotopic (exact) mass is 331 g/mol. The molecule has 0 aliphatic heterocycles. The van der Waals surface area contributed by atoms with Crippen molar-refractivity contribution < 1.29 is 14.3 Å². The van der Waals surface area contributed by atoms with Crippen molar-refractivity contribution in [1.29, 1.82) is 0 Å². The fourth-order valence-electron chi connectivity index (χ4n) is 3.34. The zero-order valence-electron chi connectivity index (χ0n) is 15.0. The summed E-state index contributed by atoms with van der Waals surface area (Å²) in [5.41, 5.74) is 0.630. The highest BCUT2D eigenvalue weighted by molar-refractivity contribution is 5.98. The molecule has 24 heavy (non-hydrogen) atoms. The van der Waals surface area contributed by atoms with Gasteiger partial charge in [-0.05, 0) is 49.4 Å². The highest BCUT2D eigenvalue weighted by Crippen LogP contribution is 2.29. The fourth-order valence-corrected chi connectivity index (χ4v) is 3.34. The van der Waals surface area contributed by atoms with E-state index in [0.717, 1.165) is 12.2 Å². The molecule has 0 saturated heterocycles. The third-order valence-corrected chi connectivity index (χ3v) is 5.12. The lowest BCUT2D eigenvalue weighted by molar-refractivity contribution is -0.122. The number of nitrogens with one attached hydrogen (secondary N) is 1. The summed E-state index contributed by atoms with van der Waals surface area (Å²) in [6.45, 7) is 6.98. The van der Waals surface area contributed by atoms with Gasteiger partial charge in [0.05, 0.1) is 6.61 Å². The van der Waals surface area contributed by atoms with Gasteiger partial charge in [-0.15, -0.1) is 0 Å². The van der Waals surface area contributed by atoms with Crippen LogP contribution in [-0.2, 0) is 4.79 Å². The molecule has 0 aromatic heterocycles. The quantitative estimate of drug-likeness (QED) is 0.769.